The van der Waals surface area contributed by atoms with Crippen molar-refractivity contribution in [3.05, 3.63) is 29.3 Å². The van der Waals surface area contributed by atoms with E-state index < -0.39 is 0 Å². The van der Waals surface area contributed by atoms with Crippen molar-refractivity contribution in [1.82, 2.24) is 0 Å². The smallest absolute Gasteiger partial charge is 0.308 e. The lowest BCUT2D eigenvalue weighted by Crippen LogP contribution is -2.27. The monoisotopic (exact) mass is 265 g/mol. The molecule has 0 saturated heterocycles. The van der Waals surface area contributed by atoms with Gasteiger partial charge in [0.2, 0.25) is 0 Å². The van der Waals surface area contributed by atoms with Crippen LogP contribution in [0, 0.1) is 0 Å². The predicted molar refractivity (Wildman–Crippen MR) is 69.7 cm³/mol. The Labute approximate surface area is 112 Å². The fourth-order valence-electron chi connectivity index (χ4n) is 2.39. The van der Waals surface area contributed by atoms with Crippen LogP contribution < -0.4 is 5.73 Å². The molecule has 0 saturated carbocycles. The molecule has 104 valence electrons. The van der Waals surface area contributed by atoms with Crippen LogP contribution in [0.5, 0.6) is 5.75 Å². The van der Waals surface area contributed by atoms with E-state index in [2.05, 4.69) is 0 Å². The van der Waals surface area contributed by atoms with Gasteiger partial charge in [0.15, 0.2) is 0 Å². The van der Waals surface area contributed by atoms with Gasteiger partial charge in [0, 0.05) is 11.6 Å². The molecule has 2 rings (SSSR count). The summed E-state index contributed by atoms with van der Waals surface area (Å²) in [5.41, 5.74) is 7.78. The number of fused-ring (bicyclic) bond motifs is 1. The van der Waals surface area contributed by atoms with Crippen molar-refractivity contribution in [3.8, 4) is 5.75 Å². The number of carbonyl (C=O) groups excluding carboxylic acids is 1. The molecule has 0 fully saturated rings. The molecule has 19 heavy (non-hydrogen) atoms. The molecular formula is C14H19NO4. The van der Waals surface area contributed by atoms with Gasteiger partial charge in [0.1, 0.15) is 11.9 Å². The molecular weight excluding hydrogens is 246 g/mol. The highest BCUT2D eigenvalue weighted by atomic mass is 16.5. The fraction of sp³-hybridized carbons (Fsp3) is 0.500. The third-order valence-corrected chi connectivity index (χ3v) is 3.21. The molecule has 2 unspecified atom stereocenters. The van der Waals surface area contributed by atoms with E-state index in [-0.39, 0.29) is 36.9 Å². The number of nitrogens with two attached hydrogens (primary N) is 1. The Bertz CT molecular complexity index is 461. The third kappa shape index (κ3) is 3.05. The van der Waals surface area contributed by atoms with E-state index in [1.165, 1.54) is 0 Å². The topological polar surface area (TPSA) is 81.8 Å². The summed E-state index contributed by atoms with van der Waals surface area (Å²) >= 11 is 0. The number of aromatic hydroxyl groups is 1. The van der Waals surface area contributed by atoms with Crippen LogP contribution in [-0.4, -0.2) is 30.3 Å². The van der Waals surface area contributed by atoms with Gasteiger partial charge in [0.05, 0.1) is 19.6 Å². The van der Waals surface area contributed by atoms with Crippen LogP contribution in [0.1, 0.15) is 30.6 Å². The number of carbonyl (C=O) groups is 1. The number of esters is 1. The van der Waals surface area contributed by atoms with E-state index in [9.17, 15) is 9.90 Å². The highest BCUT2D eigenvalue weighted by Crippen LogP contribution is 2.38. The molecule has 0 bridgehead atoms. The highest BCUT2D eigenvalue weighted by Gasteiger charge is 2.33. The lowest BCUT2D eigenvalue weighted by Gasteiger charge is -2.18. The summed E-state index contributed by atoms with van der Waals surface area (Å²) < 4.78 is 10.5. The minimum absolute atomic E-state index is 0.189. The quantitative estimate of drug-likeness (QED) is 0.784. The van der Waals surface area contributed by atoms with Crippen molar-refractivity contribution >= 4 is 5.97 Å². The first-order chi connectivity index (χ1) is 9.13. The molecule has 5 nitrogen and oxygen atoms in total. The molecule has 0 spiro atoms. The number of hydrogen-bond acceptors (Lipinski definition) is 5. The van der Waals surface area contributed by atoms with Crippen molar-refractivity contribution in [1.29, 1.82) is 0 Å². The number of rotatable bonds is 5. The van der Waals surface area contributed by atoms with Gasteiger partial charge in [-0.05, 0) is 25.0 Å². The molecule has 0 aliphatic heterocycles. The average Bonchev–Trinajstić information content (AvgIpc) is 2.67. The minimum atomic E-state index is -0.356. The SMILES string of the molecule is CCOC(=O)CCOC1c2c(O)cccc2CC1N. The third-order valence-electron chi connectivity index (χ3n) is 3.21. The minimum Gasteiger partial charge on any atom is -0.508 e. The van der Waals surface area contributed by atoms with Gasteiger partial charge in [-0.3, -0.25) is 4.79 Å². The van der Waals surface area contributed by atoms with Crippen molar-refractivity contribution in [3.63, 3.8) is 0 Å². The number of benzene rings is 1. The molecule has 0 heterocycles. The van der Waals surface area contributed by atoms with Crippen molar-refractivity contribution < 1.29 is 19.4 Å². The second kappa shape index (κ2) is 6.04. The summed E-state index contributed by atoms with van der Waals surface area (Å²) in [4.78, 5) is 11.2. The van der Waals surface area contributed by atoms with Crippen LogP contribution in [0.3, 0.4) is 0 Å². The molecule has 5 heteroatoms. The Hall–Kier alpha value is -1.59. The molecule has 1 aliphatic rings. The van der Waals surface area contributed by atoms with Crippen molar-refractivity contribution in [2.75, 3.05) is 13.2 Å². The van der Waals surface area contributed by atoms with Gasteiger partial charge in [-0.2, -0.15) is 0 Å². The first kappa shape index (κ1) is 13.8. The summed E-state index contributed by atoms with van der Waals surface area (Å²) in [6, 6.07) is 5.16. The molecule has 3 N–H and O–H groups in total. The molecule has 1 aromatic rings. The zero-order valence-corrected chi connectivity index (χ0v) is 11.0. The van der Waals surface area contributed by atoms with Gasteiger partial charge < -0.3 is 20.3 Å². The maximum atomic E-state index is 11.2. The number of ether oxygens (including phenoxy) is 2. The van der Waals surface area contributed by atoms with E-state index in [0.717, 1.165) is 11.1 Å². The van der Waals surface area contributed by atoms with Gasteiger partial charge in [-0.25, -0.2) is 0 Å². The summed E-state index contributed by atoms with van der Waals surface area (Å²) in [5, 5.41) is 9.89. The van der Waals surface area contributed by atoms with Crippen LogP contribution >= 0.6 is 0 Å². The lowest BCUT2D eigenvalue weighted by molar-refractivity contribution is -0.144. The van der Waals surface area contributed by atoms with Crippen molar-refractivity contribution in [2.45, 2.75) is 31.9 Å². The average molecular weight is 265 g/mol. The second-order valence-electron chi connectivity index (χ2n) is 4.56. The number of phenols is 1. The maximum absolute atomic E-state index is 11.2. The summed E-state index contributed by atoms with van der Waals surface area (Å²) in [5.74, 6) is -0.0850. The first-order valence-electron chi connectivity index (χ1n) is 6.47. The van der Waals surface area contributed by atoms with Crippen LogP contribution in [0.15, 0.2) is 18.2 Å². The molecule has 1 aromatic carbocycles. The Balaban J connectivity index is 1.97. The van der Waals surface area contributed by atoms with E-state index in [1.807, 2.05) is 6.07 Å². The van der Waals surface area contributed by atoms with Crippen LogP contribution in [0.4, 0.5) is 0 Å². The lowest BCUT2D eigenvalue weighted by atomic mass is 10.1. The number of hydrogen-bond donors (Lipinski definition) is 2. The van der Waals surface area contributed by atoms with Gasteiger partial charge in [-0.1, -0.05) is 12.1 Å². The van der Waals surface area contributed by atoms with Crippen LogP contribution in [0.25, 0.3) is 0 Å². The van der Waals surface area contributed by atoms with E-state index >= 15 is 0 Å². The van der Waals surface area contributed by atoms with E-state index in [0.29, 0.717) is 13.0 Å². The van der Waals surface area contributed by atoms with Gasteiger partial charge in [0.25, 0.3) is 0 Å². The molecule has 0 radical (unpaired) electrons. The standard InChI is InChI=1S/C14H19NO4/c1-2-18-12(17)6-7-19-14-10(15)8-9-4-3-5-11(16)13(9)14/h3-5,10,14,16H,2,6-8,15H2,1H3. The molecule has 0 amide bonds. The molecule has 1 aliphatic carbocycles. The highest BCUT2D eigenvalue weighted by molar-refractivity contribution is 5.69. The summed E-state index contributed by atoms with van der Waals surface area (Å²) in [6.07, 6.45) is 0.513. The van der Waals surface area contributed by atoms with Crippen molar-refractivity contribution in [2.24, 2.45) is 5.73 Å². The normalized spacial score (nSPS) is 21.2. The van der Waals surface area contributed by atoms with Crippen LogP contribution in [-0.2, 0) is 20.7 Å². The molecule has 0 aromatic heterocycles. The Morgan fingerprint density at radius 3 is 3.05 bits per heavy atom. The zero-order valence-electron chi connectivity index (χ0n) is 11.0. The summed E-state index contributed by atoms with van der Waals surface area (Å²) in [6.45, 7) is 2.37. The van der Waals surface area contributed by atoms with Gasteiger partial charge in [-0.15, -0.1) is 0 Å². The van der Waals surface area contributed by atoms with E-state index in [4.69, 9.17) is 15.2 Å². The second-order valence-corrected chi connectivity index (χ2v) is 4.56. The Kier molecular flexibility index (Phi) is 4.39. The summed E-state index contributed by atoms with van der Waals surface area (Å²) in [7, 11) is 0. The fourth-order valence-corrected chi connectivity index (χ4v) is 2.39. The molecule has 2 atom stereocenters. The maximum Gasteiger partial charge on any atom is 0.308 e. The predicted octanol–water partition coefficient (Wildman–Crippen LogP) is 1.29. The van der Waals surface area contributed by atoms with Gasteiger partial charge >= 0.3 is 5.97 Å². The Morgan fingerprint density at radius 2 is 2.32 bits per heavy atom. The first-order valence-corrected chi connectivity index (χ1v) is 6.47. The zero-order chi connectivity index (χ0) is 13.8. The largest absolute Gasteiger partial charge is 0.508 e. The Morgan fingerprint density at radius 1 is 1.53 bits per heavy atom. The van der Waals surface area contributed by atoms with E-state index in [1.54, 1.807) is 19.1 Å². The van der Waals surface area contributed by atoms with Crippen LogP contribution in [0.2, 0.25) is 0 Å². The number of phenolic OH excluding ortho intramolecular Hbond substituents is 1.